The van der Waals surface area contributed by atoms with Gasteiger partial charge in [-0.05, 0) is 59.7 Å². The predicted molar refractivity (Wildman–Crippen MR) is 118 cm³/mol. The van der Waals surface area contributed by atoms with Crippen LogP contribution in [-0.4, -0.2) is 40.9 Å². The van der Waals surface area contributed by atoms with E-state index in [2.05, 4.69) is 15.3 Å². The number of allylic oxidation sites excluding steroid dienone is 1. The highest BCUT2D eigenvalue weighted by Crippen LogP contribution is 2.24. The van der Waals surface area contributed by atoms with Gasteiger partial charge in [0.05, 0.1) is 30.5 Å². The van der Waals surface area contributed by atoms with Gasteiger partial charge in [0, 0.05) is 23.9 Å². The minimum absolute atomic E-state index is 0.125. The molecule has 1 aliphatic rings. The standard InChI is InChI=1S/C25H21F2N3O2/c26-18-6-4-16(5-7-18)17-11-24(29-14-17)22-9-8-19(27)12-23(22)25(32)30-21(15-31)13-20-3-1-2-10-28-20/h1-12,21,31H,13-15H2,(H,30,32)/t21-/m1/s1. The van der Waals surface area contributed by atoms with Crippen LogP contribution in [0.1, 0.15) is 27.2 Å². The highest BCUT2D eigenvalue weighted by Gasteiger charge is 2.21. The molecule has 3 aromatic rings. The number of aliphatic hydroxyl groups excluding tert-OH is 1. The molecule has 0 unspecified atom stereocenters. The fraction of sp³-hybridized carbons (Fsp3) is 0.160. The number of carbonyl (C=O) groups excluding carboxylic acids is 1. The zero-order valence-electron chi connectivity index (χ0n) is 17.1. The molecule has 0 saturated heterocycles. The Hall–Kier alpha value is -3.71. The minimum Gasteiger partial charge on any atom is -0.394 e. The molecule has 0 radical (unpaired) electrons. The lowest BCUT2D eigenvalue weighted by molar-refractivity contribution is 0.0915. The lowest BCUT2D eigenvalue weighted by Gasteiger charge is -2.17. The molecule has 162 valence electrons. The summed E-state index contributed by atoms with van der Waals surface area (Å²) in [4.78, 5) is 21.7. The van der Waals surface area contributed by atoms with Crippen LogP contribution in [0.2, 0.25) is 0 Å². The Kier molecular flexibility index (Phi) is 6.47. The lowest BCUT2D eigenvalue weighted by atomic mass is 9.99. The Morgan fingerprint density at radius 3 is 2.56 bits per heavy atom. The zero-order chi connectivity index (χ0) is 22.5. The van der Waals surface area contributed by atoms with Crippen molar-refractivity contribution in [2.24, 2.45) is 4.99 Å². The number of rotatable bonds is 7. The molecule has 7 heteroatoms. The van der Waals surface area contributed by atoms with E-state index in [9.17, 15) is 18.7 Å². The third-order valence-corrected chi connectivity index (χ3v) is 5.19. The maximum absolute atomic E-state index is 14.0. The van der Waals surface area contributed by atoms with Gasteiger partial charge in [0.25, 0.3) is 5.91 Å². The van der Waals surface area contributed by atoms with E-state index in [1.165, 1.54) is 24.3 Å². The quantitative estimate of drug-likeness (QED) is 0.598. The van der Waals surface area contributed by atoms with Gasteiger partial charge in [-0.3, -0.25) is 14.8 Å². The second-order valence-corrected chi connectivity index (χ2v) is 7.45. The minimum atomic E-state index is -0.579. The van der Waals surface area contributed by atoms with Crippen molar-refractivity contribution >= 4 is 17.2 Å². The molecule has 1 atom stereocenters. The number of amides is 1. The van der Waals surface area contributed by atoms with Gasteiger partial charge in [0.2, 0.25) is 0 Å². The number of hydrogen-bond acceptors (Lipinski definition) is 4. The summed E-state index contributed by atoms with van der Waals surface area (Å²) in [5.74, 6) is -1.39. The molecule has 2 heterocycles. The Labute approximate surface area is 184 Å². The van der Waals surface area contributed by atoms with Gasteiger partial charge in [-0.2, -0.15) is 0 Å². The first-order chi connectivity index (χ1) is 15.5. The maximum atomic E-state index is 14.0. The van der Waals surface area contributed by atoms with Crippen molar-refractivity contribution in [3.63, 3.8) is 0 Å². The number of aromatic nitrogens is 1. The number of halogens is 2. The number of carbonyl (C=O) groups is 1. The summed E-state index contributed by atoms with van der Waals surface area (Å²) in [5.41, 5.74) is 3.57. The first-order valence-electron chi connectivity index (χ1n) is 10.2. The van der Waals surface area contributed by atoms with Crippen LogP contribution < -0.4 is 5.32 Å². The van der Waals surface area contributed by atoms with Crippen LogP contribution in [0.4, 0.5) is 8.78 Å². The molecule has 1 amide bonds. The predicted octanol–water partition coefficient (Wildman–Crippen LogP) is 3.58. The van der Waals surface area contributed by atoms with E-state index in [4.69, 9.17) is 0 Å². The molecule has 0 bridgehead atoms. The molecule has 0 aliphatic carbocycles. The summed E-state index contributed by atoms with van der Waals surface area (Å²) < 4.78 is 27.2. The molecule has 0 spiro atoms. The van der Waals surface area contributed by atoms with Gasteiger partial charge < -0.3 is 10.4 Å². The Morgan fingerprint density at radius 2 is 1.84 bits per heavy atom. The van der Waals surface area contributed by atoms with Crippen molar-refractivity contribution in [1.29, 1.82) is 0 Å². The number of nitrogens with zero attached hydrogens (tertiary/aromatic N) is 2. The van der Waals surface area contributed by atoms with Gasteiger partial charge in [-0.1, -0.05) is 18.2 Å². The van der Waals surface area contributed by atoms with Gasteiger partial charge in [-0.15, -0.1) is 0 Å². The molecular formula is C25H21F2N3O2. The topological polar surface area (TPSA) is 74.6 Å². The Morgan fingerprint density at radius 1 is 1.06 bits per heavy atom. The molecule has 2 aromatic carbocycles. The Bertz CT molecular complexity index is 1180. The lowest BCUT2D eigenvalue weighted by Crippen LogP contribution is -2.39. The van der Waals surface area contributed by atoms with Crippen molar-refractivity contribution in [2.45, 2.75) is 12.5 Å². The second kappa shape index (κ2) is 9.62. The number of nitrogens with one attached hydrogen (secondary N) is 1. The SMILES string of the molecule is O=C(N[C@@H](CO)Cc1ccccn1)c1cc(F)ccc1C1=NCC(c2ccc(F)cc2)=C1. The average Bonchev–Trinajstić information content (AvgIpc) is 3.29. The largest absolute Gasteiger partial charge is 0.394 e. The van der Waals surface area contributed by atoms with E-state index in [-0.39, 0.29) is 18.0 Å². The zero-order valence-corrected chi connectivity index (χ0v) is 17.1. The fourth-order valence-corrected chi connectivity index (χ4v) is 3.55. The first kappa shape index (κ1) is 21.5. The second-order valence-electron chi connectivity index (χ2n) is 7.45. The molecule has 5 nitrogen and oxygen atoms in total. The molecule has 0 saturated carbocycles. The smallest absolute Gasteiger partial charge is 0.252 e. The van der Waals surface area contributed by atoms with Gasteiger partial charge >= 0.3 is 0 Å². The van der Waals surface area contributed by atoms with Gasteiger partial charge in [-0.25, -0.2) is 8.78 Å². The summed E-state index contributed by atoms with van der Waals surface area (Å²) in [5, 5.41) is 12.5. The Balaban J connectivity index is 1.57. The normalized spacial score (nSPS) is 14.0. The summed E-state index contributed by atoms with van der Waals surface area (Å²) in [6.45, 7) is 0.0842. The van der Waals surface area contributed by atoms with Crippen molar-refractivity contribution < 1.29 is 18.7 Å². The van der Waals surface area contributed by atoms with Crippen LogP contribution in [0.5, 0.6) is 0 Å². The highest BCUT2D eigenvalue weighted by molar-refractivity contribution is 6.19. The maximum Gasteiger partial charge on any atom is 0.252 e. The summed E-state index contributed by atoms with van der Waals surface area (Å²) in [6.07, 6.45) is 3.79. The van der Waals surface area contributed by atoms with E-state index in [0.29, 0.717) is 24.2 Å². The summed E-state index contributed by atoms with van der Waals surface area (Å²) in [6, 6.07) is 14.9. The van der Waals surface area contributed by atoms with E-state index in [1.54, 1.807) is 30.5 Å². The van der Waals surface area contributed by atoms with Crippen LogP contribution in [0.3, 0.4) is 0 Å². The number of aliphatic hydroxyl groups is 1. The molecule has 4 rings (SSSR count). The third-order valence-electron chi connectivity index (χ3n) is 5.19. The third kappa shape index (κ3) is 4.95. The van der Waals surface area contributed by atoms with E-state index in [0.717, 1.165) is 22.9 Å². The monoisotopic (exact) mass is 433 g/mol. The van der Waals surface area contributed by atoms with Crippen molar-refractivity contribution in [3.05, 3.63) is 107 Å². The van der Waals surface area contributed by atoms with Crippen molar-refractivity contribution in [3.8, 4) is 0 Å². The average molecular weight is 433 g/mol. The van der Waals surface area contributed by atoms with Crippen LogP contribution in [0.25, 0.3) is 5.57 Å². The van der Waals surface area contributed by atoms with Gasteiger partial charge in [0.15, 0.2) is 0 Å². The van der Waals surface area contributed by atoms with E-state index < -0.39 is 17.8 Å². The van der Waals surface area contributed by atoms with Gasteiger partial charge in [0.1, 0.15) is 11.6 Å². The highest BCUT2D eigenvalue weighted by atomic mass is 19.1. The molecule has 0 fully saturated rings. The summed E-state index contributed by atoms with van der Waals surface area (Å²) >= 11 is 0. The molecule has 1 aromatic heterocycles. The number of pyridine rings is 1. The number of aliphatic imine (C=N–C) groups is 1. The van der Waals surface area contributed by atoms with E-state index >= 15 is 0 Å². The molecule has 32 heavy (non-hydrogen) atoms. The van der Waals surface area contributed by atoms with Crippen LogP contribution in [0.15, 0.2) is 77.9 Å². The van der Waals surface area contributed by atoms with E-state index in [1.807, 2.05) is 12.1 Å². The van der Waals surface area contributed by atoms with Crippen molar-refractivity contribution in [1.82, 2.24) is 10.3 Å². The molecular weight excluding hydrogens is 412 g/mol. The number of hydrogen-bond donors (Lipinski definition) is 2. The van der Waals surface area contributed by atoms with Crippen LogP contribution in [-0.2, 0) is 6.42 Å². The number of benzene rings is 2. The summed E-state index contributed by atoms with van der Waals surface area (Å²) in [7, 11) is 0. The van der Waals surface area contributed by atoms with Crippen LogP contribution in [0, 0.1) is 11.6 Å². The van der Waals surface area contributed by atoms with Crippen molar-refractivity contribution in [2.75, 3.05) is 13.2 Å². The fourth-order valence-electron chi connectivity index (χ4n) is 3.55. The van der Waals surface area contributed by atoms with Crippen LogP contribution >= 0.6 is 0 Å². The molecule has 1 aliphatic heterocycles. The first-order valence-corrected chi connectivity index (χ1v) is 10.2. The molecule has 2 N–H and O–H groups in total.